The van der Waals surface area contributed by atoms with E-state index in [0.717, 1.165) is 45.4 Å². The van der Waals surface area contributed by atoms with E-state index in [-0.39, 0.29) is 17.1 Å². The number of phenolic OH excluding ortho intramolecular Hbond substituents is 1. The van der Waals surface area contributed by atoms with E-state index in [4.69, 9.17) is 4.74 Å². The Morgan fingerprint density at radius 1 is 1.23 bits per heavy atom. The van der Waals surface area contributed by atoms with Crippen LogP contribution in [0.3, 0.4) is 0 Å². The molecule has 3 rings (SSSR count). The third-order valence-electron chi connectivity index (χ3n) is 5.21. The van der Waals surface area contributed by atoms with Gasteiger partial charge in [0.15, 0.2) is 0 Å². The van der Waals surface area contributed by atoms with Gasteiger partial charge in [0.05, 0.1) is 12.7 Å². The molecule has 120 valence electrons. The quantitative estimate of drug-likeness (QED) is 0.907. The molecule has 1 N–H and O–H groups in total. The Bertz CT molecular complexity index is 565. The van der Waals surface area contributed by atoms with Gasteiger partial charge in [-0.15, -0.1) is 0 Å². The van der Waals surface area contributed by atoms with Gasteiger partial charge >= 0.3 is 0 Å². The SMILES string of the molecule is COc1ccc(O)c(C(=O)N2CCC3(CCN(C)CC3)C2)c1. The van der Waals surface area contributed by atoms with Crippen LogP contribution in [0.5, 0.6) is 11.5 Å². The lowest BCUT2D eigenvalue weighted by atomic mass is 9.78. The number of hydrogen-bond donors (Lipinski definition) is 1. The number of hydrogen-bond acceptors (Lipinski definition) is 4. The summed E-state index contributed by atoms with van der Waals surface area (Å²) in [5.41, 5.74) is 0.612. The van der Waals surface area contributed by atoms with Crippen LogP contribution in [-0.2, 0) is 0 Å². The number of rotatable bonds is 2. The Morgan fingerprint density at radius 3 is 2.59 bits per heavy atom. The Kier molecular flexibility index (Phi) is 4.00. The molecule has 0 radical (unpaired) electrons. The van der Waals surface area contributed by atoms with E-state index < -0.39 is 0 Å². The van der Waals surface area contributed by atoms with Gasteiger partial charge < -0.3 is 19.6 Å². The number of amides is 1. The fraction of sp³-hybridized carbons (Fsp3) is 0.588. The van der Waals surface area contributed by atoms with Crippen molar-refractivity contribution in [1.29, 1.82) is 0 Å². The molecule has 1 amide bonds. The van der Waals surface area contributed by atoms with Gasteiger partial charge in [-0.05, 0) is 63.0 Å². The maximum absolute atomic E-state index is 12.7. The van der Waals surface area contributed by atoms with Gasteiger partial charge in [0, 0.05) is 13.1 Å². The molecule has 5 nitrogen and oxygen atoms in total. The first-order valence-electron chi connectivity index (χ1n) is 7.88. The summed E-state index contributed by atoms with van der Waals surface area (Å²) >= 11 is 0. The van der Waals surface area contributed by atoms with Gasteiger partial charge in [0.2, 0.25) is 0 Å². The molecule has 2 aliphatic heterocycles. The summed E-state index contributed by atoms with van der Waals surface area (Å²) in [6.45, 7) is 3.79. The molecule has 0 aliphatic carbocycles. The molecular weight excluding hydrogens is 280 g/mol. The van der Waals surface area contributed by atoms with Crippen molar-refractivity contribution in [3.8, 4) is 11.5 Å². The fourth-order valence-corrected chi connectivity index (χ4v) is 3.59. The number of benzene rings is 1. The van der Waals surface area contributed by atoms with E-state index in [1.165, 1.54) is 6.07 Å². The highest BCUT2D eigenvalue weighted by atomic mass is 16.5. The molecular formula is C17H24N2O3. The highest BCUT2D eigenvalue weighted by Crippen LogP contribution is 2.41. The molecule has 2 fully saturated rings. The molecule has 0 bridgehead atoms. The molecule has 1 aromatic rings. The van der Waals surface area contributed by atoms with Crippen molar-refractivity contribution in [2.75, 3.05) is 40.3 Å². The van der Waals surface area contributed by atoms with Crippen molar-refractivity contribution in [1.82, 2.24) is 9.80 Å². The van der Waals surface area contributed by atoms with Crippen LogP contribution in [0.2, 0.25) is 0 Å². The van der Waals surface area contributed by atoms with E-state index in [2.05, 4.69) is 11.9 Å². The largest absolute Gasteiger partial charge is 0.507 e. The minimum Gasteiger partial charge on any atom is -0.507 e. The molecule has 5 heteroatoms. The Labute approximate surface area is 131 Å². The van der Waals surface area contributed by atoms with Gasteiger partial charge in [-0.2, -0.15) is 0 Å². The molecule has 1 aromatic carbocycles. The monoisotopic (exact) mass is 304 g/mol. The maximum atomic E-state index is 12.7. The number of aromatic hydroxyl groups is 1. The first-order chi connectivity index (χ1) is 10.5. The molecule has 2 saturated heterocycles. The summed E-state index contributed by atoms with van der Waals surface area (Å²) in [5, 5.41) is 9.99. The lowest BCUT2D eigenvalue weighted by Crippen LogP contribution is -2.40. The smallest absolute Gasteiger partial charge is 0.257 e. The number of carbonyl (C=O) groups excluding carboxylic acids is 1. The van der Waals surface area contributed by atoms with Crippen molar-refractivity contribution >= 4 is 5.91 Å². The average molecular weight is 304 g/mol. The van der Waals surface area contributed by atoms with Crippen molar-refractivity contribution < 1.29 is 14.6 Å². The normalized spacial score (nSPS) is 21.3. The third kappa shape index (κ3) is 2.77. The number of ether oxygens (including phenoxy) is 1. The lowest BCUT2D eigenvalue weighted by Gasteiger charge is -2.37. The van der Waals surface area contributed by atoms with E-state index in [0.29, 0.717) is 11.3 Å². The summed E-state index contributed by atoms with van der Waals surface area (Å²) in [5.74, 6) is 0.525. The number of carbonyl (C=O) groups is 1. The van der Waals surface area contributed by atoms with Crippen molar-refractivity contribution in [2.45, 2.75) is 19.3 Å². The van der Waals surface area contributed by atoms with Crippen LogP contribution < -0.4 is 4.74 Å². The van der Waals surface area contributed by atoms with Crippen molar-refractivity contribution in [2.24, 2.45) is 5.41 Å². The number of nitrogens with zero attached hydrogens (tertiary/aromatic N) is 2. The topological polar surface area (TPSA) is 53.0 Å². The molecule has 0 aromatic heterocycles. The minimum absolute atomic E-state index is 0.0233. The van der Waals surface area contributed by atoms with E-state index >= 15 is 0 Å². The number of likely N-dealkylation sites (tertiary alicyclic amines) is 2. The van der Waals surface area contributed by atoms with Gasteiger partial charge in [-0.25, -0.2) is 0 Å². The zero-order valence-electron chi connectivity index (χ0n) is 13.3. The molecule has 0 unspecified atom stereocenters. The lowest BCUT2D eigenvalue weighted by molar-refractivity contribution is 0.0733. The summed E-state index contributed by atoms with van der Waals surface area (Å²) in [6, 6.07) is 4.80. The molecule has 2 heterocycles. The summed E-state index contributed by atoms with van der Waals surface area (Å²) in [6.07, 6.45) is 3.37. The van der Waals surface area contributed by atoms with E-state index in [1.54, 1.807) is 19.2 Å². The van der Waals surface area contributed by atoms with Gasteiger partial charge in [-0.3, -0.25) is 4.79 Å². The molecule has 0 atom stereocenters. The van der Waals surface area contributed by atoms with Crippen LogP contribution in [0, 0.1) is 5.41 Å². The van der Waals surface area contributed by atoms with Gasteiger partial charge in [0.1, 0.15) is 11.5 Å². The zero-order chi connectivity index (χ0) is 15.7. The highest BCUT2D eigenvalue weighted by Gasteiger charge is 2.41. The number of methoxy groups -OCH3 is 1. The molecule has 1 spiro atoms. The number of piperidine rings is 1. The van der Waals surface area contributed by atoms with Crippen LogP contribution in [0.25, 0.3) is 0 Å². The summed E-state index contributed by atoms with van der Waals surface area (Å²) < 4.78 is 5.16. The predicted molar refractivity (Wildman–Crippen MR) is 84.3 cm³/mol. The molecule has 22 heavy (non-hydrogen) atoms. The summed E-state index contributed by atoms with van der Waals surface area (Å²) in [7, 11) is 3.71. The average Bonchev–Trinajstić information content (AvgIpc) is 2.94. The molecule has 2 aliphatic rings. The van der Waals surface area contributed by atoms with Crippen LogP contribution >= 0.6 is 0 Å². The minimum atomic E-state index is -0.0906. The second kappa shape index (κ2) is 5.80. The molecule has 0 saturated carbocycles. The van der Waals surface area contributed by atoms with Crippen LogP contribution in [0.1, 0.15) is 29.6 Å². The van der Waals surface area contributed by atoms with Gasteiger partial charge in [0.25, 0.3) is 5.91 Å². The Balaban J connectivity index is 1.74. The highest BCUT2D eigenvalue weighted by molar-refractivity contribution is 5.97. The second-order valence-corrected chi connectivity index (χ2v) is 6.66. The van der Waals surface area contributed by atoms with Gasteiger partial charge in [-0.1, -0.05) is 0 Å². The van der Waals surface area contributed by atoms with Crippen LogP contribution in [0.15, 0.2) is 18.2 Å². The van der Waals surface area contributed by atoms with Crippen LogP contribution in [-0.4, -0.2) is 61.2 Å². The first-order valence-corrected chi connectivity index (χ1v) is 7.88. The van der Waals surface area contributed by atoms with Crippen LogP contribution in [0.4, 0.5) is 0 Å². The Morgan fingerprint density at radius 2 is 1.91 bits per heavy atom. The zero-order valence-corrected chi connectivity index (χ0v) is 13.3. The van der Waals surface area contributed by atoms with Crippen molar-refractivity contribution in [3.63, 3.8) is 0 Å². The second-order valence-electron chi connectivity index (χ2n) is 6.66. The number of phenols is 1. The maximum Gasteiger partial charge on any atom is 0.257 e. The fourth-order valence-electron chi connectivity index (χ4n) is 3.59. The standard InChI is InChI=1S/C17H24N2O3/c1-18-8-5-17(6-9-18)7-10-19(12-17)16(21)14-11-13(22-2)3-4-15(14)20/h3-4,11,20H,5-10,12H2,1-2H3. The van der Waals surface area contributed by atoms with Crippen molar-refractivity contribution in [3.05, 3.63) is 23.8 Å². The Hall–Kier alpha value is -1.75. The predicted octanol–water partition coefficient (Wildman–Crippen LogP) is 1.96. The first kappa shape index (κ1) is 15.2. The third-order valence-corrected chi connectivity index (χ3v) is 5.21. The van der Waals surface area contributed by atoms with E-state index in [9.17, 15) is 9.90 Å². The summed E-state index contributed by atoms with van der Waals surface area (Å²) in [4.78, 5) is 17.0. The van der Waals surface area contributed by atoms with E-state index in [1.807, 2.05) is 4.90 Å².